The fraction of sp³-hybridized carbons (Fsp3) is 0.533. The van der Waals surface area contributed by atoms with Gasteiger partial charge in [0.2, 0.25) is 10.0 Å². The Morgan fingerprint density at radius 1 is 1.30 bits per heavy atom. The van der Waals surface area contributed by atoms with Gasteiger partial charge in [0.05, 0.1) is 25.0 Å². The first-order valence-corrected chi connectivity index (χ1v) is 9.18. The van der Waals surface area contributed by atoms with Crippen molar-refractivity contribution in [1.82, 2.24) is 14.9 Å². The summed E-state index contributed by atoms with van der Waals surface area (Å²) in [6.07, 6.45) is 0. The number of nitrogens with one attached hydrogen (secondary N) is 2. The number of benzene rings is 1. The van der Waals surface area contributed by atoms with Crippen LogP contribution in [0.2, 0.25) is 0 Å². The van der Waals surface area contributed by atoms with Crippen LogP contribution in [0.5, 0.6) is 0 Å². The van der Waals surface area contributed by atoms with E-state index in [2.05, 4.69) is 10.0 Å². The lowest BCUT2D eigenvalue weighted by Crippen LogP contribution is -2.51. The molecule has 1 aromatic carbocycles. The summed E-state index contributed by atoms with van der Waals surface area (Å²) in [4.78, 5) is 13.9. The Morgan fingerprint density at radius 2 is 1.96 bits per heavy atom. The van der Waals surface area contributed by atoms with Crippen molar-refractivity contribution >= 4 is 16.1 Å². The topological polar surface area (TPSA) is 87.7 Å². The molecule has 0 aromatic heterocycles. The Balaban J connectivity index is 1.87. The predicted molar refractivity (Wildman–Crippen MR) is 87.3 cm³/mol. The van der Waals surface area contributed by atoms with Crippen molar-refractivity contribution in [2.45, 2.75) is 25.3 Å². The maximum atomic E-state index is 12.1. The number of amides is 2. The van der Waals surface area contributed by atoms with Gasteiger partial charge in [0.15, 0.2) is 0 Å². The molecular formula is C15H23N3O4S. The molecule has 1 saturated heterocycles. The van der Waals surface area contributed by atoms with Gasteiger partial charge in [-0.3, -0.25) is 0 Å². The molecule has 2 N–H and O–H groups in total. The third-order valence-electron chi connectivity index (χ3n) is 3.76. The van der Waals surface area contributed by atoms with Gasteiger partial charge < -0.3 is 15.0 Å². The Morgan fingerprint density at radius 3 is 2.57 bits per heavy atom. The zero-order chi connectivity index (χ0) is 16.9. The van der Waals surface area contributed by atoms with Crippen molar-refractivity contribution in [2.24, 2.45) is 0 Å². The second kappa shape index (κ2) is 7.76. The molecule has 2 amide bonds. The summed E-state index contributed by atoms with van der Waals surface area (Å²) < 4.78 is 30.6. The third-order valence-corrected chi connectivity index (χ3v) is 5.10. The van der Waals surface area contributed by atoms with E-state index in [1.54, 1.807) is 17.0 Å². The van der Waals surface area contributed by atoms with Crippen LogP contribution >= 0.6 is 0 Å². The largest absolute Gasteiger partial charge is 0.377 e. The van der Waals surface area contributed by atoms with Crippen LogP contribution in [0.1, 0.15) is 18.1 Å². The zero-order valence-corrected chi connectivity index (χ0v) is 14.2. The lowest BCUT2D eigenvalue weighted by atomic mass is 10.1. The first kappa shape index (κ1) is 17.7. The number of carbonyl (C=O) groups excluding carboxylic acids is 1. The SMILES string of the molecule is CNS(=O)(=O)Cc1ccc(CNC(=O)N2CCOCC2C)cc1. The summed E-state index contributed by atoms with van der Waals surface area (Å²) >= 11 is 0. The van der Waals surface area contributed by atoms with Gasteiger partial charge in [0.25, 0.3) is 0 Å². The first-order chi connectivity index (χ1) is 10.9. The molecule has 1 unspecified atom stereocenters. The van der Waals surface area contributed by atoms with Crippen LogP contribution in [0.4, 0.5) is 4.79 Å². The molecule has 23 heavy (non-hydrogen) atoms. The minimum absolute atomic E-state index is 0.0541. The molecule has 1 fully saturated rings. The number of carbonyl (C=O) groups is 1. The van der Waals surface area contributed by atoms with E-state index in [0.29, 0.717) is 31.9 Å². The number of ether oxygens (including phenoxy) is 1. The Kier molecular flexibility index (Phi) is 5.97. The first-order valence-electron chi connectivity index (χ1n) is 7.52. The van der Waals surface area contributed by atoms with Crippen molar-refractivity contribution in [1.29, 1.82) is 0 Å². The van der Waals surface area contributed by atoms with Gasteiger partial charge in [-0.2, -0.15) is 0 Å². The zero-order valence-electron chi connectivity index (χ0n) is 13.4. The van der Waals surface area contributed by atoms with Crippen LogP contribution in [-0.4, -0.2) is 52.2 Å². The summed E-state index contributed by atoms with van der Waals surface area (Å²) in [7, 11) is -1.88. The molecule has 2 rings (SSSR count). The fourth-order valence-corrected chi connectivity index (χ4v) is 3.13. The highest BCUT2D eigenvalue weighted by molar-refractivity contribution is 7.88. The minimum Gasteiger partial charge on any atom is -0.377 e. The number of morpholine rings is 1. The Bertz CT molecular complexity index is 631. The number of nitrogens with zero attached hydrogens (tertiary/aromatic N) is 1. The second-order valence-corrected chi connectivity index (χ2v) is 7.48. The van der Waals surface area contributed by atoms with E-state index in [0.717, 1.165) is 5.56 Å². The van der Waals surface area contributed by atoms with Crippen LogP contribution in [0.3, 0.4) is 0 Å². The fourth-order valence-electron chi connectivity index (χ4n) is 2.35. The monoisotopic (exact) mass is 341 g/mol. The van der Waals surface area contributed by atoms with Crippen LogP contribution in [-0.2, 0) is 27.1 Å². The number of rotatable bonds is 5. The van der Waals surface area contributed by atoms with Gasteiger partial charge in [0, 0.05) is 13.1 Å². The molecule has 8 heteroatoms. The number of hydrogen-bond donors (Lipinski definition) is 2. The molecule has 1 atom stereocenters. The molecule has 0 saturated carbocycles. The molecule has 1 aliphatic rings. The normalized spacial score (nSPS) is 18.7. The summed E-state index contributed by atoms with van der Waals surface area (Å²) in [6.45, 7) is 4.07. The molecule has 1 aromatic rings. The lowest BCUT2D eigenvalue weighted by molar-refractivity contribution is 0.0190. The quantitative estimate of drug-likeness (QED) is 0.824. The summed E-state index contributed by atoms with van der Waals surface area (Å²) in [5, 5.41) is 2.88. The maximum Gasteiger partial charge on any atom is 0.318 e. The Labute approximate surface area is 137 Å². The van der Waals surface area contributed by atoms with Crippen LogP contribution in [0, 0.1) is 0 Å². The van der Waals surface area contributed by atoms with E-state index < -0.39 is 10.0 Å². The van der Waals surface area contributed by atoms with Gasteiger partial charge >= 0.3 is 6.03 Å². The van der Waals surface area contributed by atoms with E-state index in [4.69, 9.17) is 4.74 Å². The summed E-state index contributed by atoms with van der Waals surface area (Å²) in [5.41, 5.74) is 1.63. The highest BCUT2D eigenvalue weighted by Gasteiger charge is 2.23. The molecule has 0 bridgehead atoms. The molecule has 0 radical (unpaired) electrons. The minimum atomic E-state index is -3.27. The van der Waals surface area contributed by atoms with E-state index in [1.165, 1.54) is 7.05 Å². The van der Waals surface area contributed by atoms with E-state index >= 15 is 0 Å². The summed E-state index contributed by atoms with van der Waals surface area (Å²) in [5.74, 6) is -0.0541. The van der Waals surface area contributed by atoms with Gasteiger partial charge in [-0.1, -0.05) is 24.3 Å². The molecule has 0 spiro atoms. The van der Waals surface area contributed by atoms with Crippen LogP contribution < -0.4 is 10.0 Å². The van der Waals surface area contributed by atoms with Crippen LogP contribution in [0.15, 0.2) is 24.3 Å². The lowest BCUT2D eigenvalue weighted by Gasteiger charge is -2.33. The highest BCUT2D eigenvalue weighted by atomic mass is 32.2. The van der Waals surface area contributed by atoms with Crippen molar-refractivity contribution in [2.75, 3.05) is 26.8 Å². The van der Waals surface area contributed by atoms with Crippen molar-refractivity contribution in [3.63, 3.8) is 0 Å². The van der Waals surface area contributed by atoms with Gasteiger partial charge in [0.1, 0.15) is 0 Å². The third kappa shape index (κ3) is 5.19. The molecule has 128 valence electrons. The molecule has 0 aliphatic carbocycles. The molecule has 1 aliphatic heterocycles. The summed E-state index contributed by atoms with van der Waals surface area (Å²) in [6, 6.07) is 7.12. The average Bonchev–Trinajstić information content (AvgIpc) is 2.54. The number of urea groups is 1. The Hall–Kier alpha value is -1.64. The second-order valence-electron chi connectivity index (χ2n) is 5.56. The molecule has 1 heterocycles. The van der Waals surface area contributed by atoms with Crippen LogP contribution in [0.25, 0.3) is 0 Å². The van der Waals surface area contributed by atoms with Crippen molar-refractivity contribution < 1.29 is 17.9 Å². The predicted octanol–water partition coefficient (Wildman–Crippen LogP) is 0.666. The van der Waals surface area contributed by atoms with Gasteiger partial charge in [-0.25, -0.2) is 17.9 Å². The number of hydrogen-bond acceptors (Lipinski definition) is 4. The van der Waals surface area contributed by atoms with Crippen molar-refractivity contribution in [3.8, 4) is 0 Å². The van der Waals surface area contributed by atoms with Crippen molar-refractivity contribution in [3.05, 3.63) is 35.4 Å². The van der Waals surface area contributed by atoms with E-state index in [-0.39, 0.29) is 17.8 Å². The molecular weight excluding hydrogens is 318 g/mol. The number of sulfonamides is 1. The average molecular weight is 341 g/mol. The van der Waals surface area contributed by atoms with Gasteiger partial charge in [-0.05, 0) is 25.1 Å². The molecule has 7 nitrogen and oxygen atoms in total. The van der Waals surface area contributed by atoms with E-state index in [1.807, 2.05) is 19.1 Å². The smallest absolute Gasteiger partial charge is 0.318 e. The maximum absolute atomic E-state index is 12.1. The van der Waals surface area contributed by atoms with E-state index in [9.17, 15) is 13.2 Å². The van der Waals surface area contributed by atoms with Gasteiger partial charge in [-0.15, -0.1) is 0 Å². The standard InChI is InChI=1S/C15H23N3O4S/c1-12-10-22-8-7-18(12)15(19)17-9-13-3-5-14(6-4-13)11-23(20,21)16-2/h3-6,12,16H,7-11H2,1-2H3,(H,17,19). The highest BCUT2D eigenvalue weighted by Crippen LogP contribution is 2.09.